The molecule has 6 heteroatoms. The van der Waals surface area contributed by atoms with E-state index in [-0.39, 0.29) is 11.5 Å². The second-order valence-electron chi connectivity index (χ2n) is 5.85. The first kappa shape index (κ1) is 16.7. The smallest absolute Gasteiger partial charge is 0.250 e. The van der Waals surface area contributed by atoms with Crippen LogP contribution in [0.2, 0.25) is 0 Å². The first-order valence-electron chi connectivity index (χ1n) is 8.12. The second kappa shape index (κ2) is 7.61. The second-order valence-corrected chi connectivity index (χ2v) is 5.85. The van der Waals surface area contributed by atoms with Crippen molar-refractivity contribution in [2.45, 2.75) is 19.5 Å². The molecular weight excluding hydrogens is 316 g/mol. The Bertz CT molecular complexity index is 900. The molecule has 2 heterocycles. The SMILES string of the molecule is CN(Cc1cccc(-n2cccn2)c1)C(=O)CCn1ccccc1=O. The van der Waals surface area contributed by atoms with Gasteiger partial charge in [0.15, 0.2) is 0 Å². The van der Waals surface area contributed by atoms with Crippen LogP contribution in [-0.2, 0) is 17.9 Å². The summed E-state index contributed by atoms with van der Waals surface area (Å²) in [5.41, 5.74) is 1.89. The Balaban J connectivity index is 1.61. The molecule has 3 rings (SSSR count). The molecule has 1 aromatic carbocycles. The lowest BCUT2D eigenvalue weighted by Gasteiger charge is -2.18. The molecule has 3 aromatic rings. The molecule has 0 fully saturated rings. The standard InChI is InChI=1S/C19H20N4O2/c1-21(18(24)9-13-22-11-3-2-8-19(22)25)15-16-6-4-7-17(14-16)23-12-5-10-20-23/h2-8,10-12,14H,9,13,15H2,1H3. The molecule has 0 bridgehead atoms. The van der Waals surface area contributed by atoms with E-state index in [9.17, 15) is 9.59 Å². The quantitative estimate of drug-likeness (QED) is 0.692. The molecule has 0 aliphatic rings. The predicted octanol–water partition coefficient (Wildman–Crippen LogP) is 2.08. The number of carbonyl (C=O) groups excluding carboxylic acids is 1. The number of carbonyl (C=O) groups is 1. The normalized spacial score (nSPS) is 10.6. The van der Waals surface area contributed by atoms with Crippen molar-refractivity contribution in [3.8, 4) is 5.69 Å². The van der Waals surface area contributed by atoms with Gasteiger partial charge in [0.1, 0.15) is 0 Å². The summed E-state index contributed by atoms with van der Waals surface area (Å²) in [5, 5.41) is 4.22. The molecule has 0 N–H and O–H groups in total. The summed E-state index contributed by atoms with van der Waals surface area (Å²) in [6.07, 6.45) is 5.60. The summed E-state index contributed by atoms with van der Waals surface area (Å²) >= 11 is 0. The number of nitrogens with zero attached hydrogens (tertiary/aromatic N) is 4. The van der Waals surface area contributed by atoms with E-state index in [1.165, 1.54) is 6.07 Å². The maximum Gasteiger partial charge on any atom is 0.250 e. The fourth-order valence-corrected chi connectivity index (χ4v) is 2.63. The zero-order valence-corrected chi connectivity index (χ0v) is 14.1. The van der Waals surface area contributed by atoms with Crippen molar-refractivity contribution in [1.82, 2.24) is 19.2 Å². The van der Waals surface area contributed by atoms with Crippen LogP contribution < -0.4 is 5.56 Å². The number of aromatic nitrogens is 3. The Morgan fingerprint density at radius 3 is 2.76 bits per heavy atom. The molecule has 25 heavy (non-hydrogen) atoms. The van der Waals surface area contributed by atoms with Crippen molar-refractivity contribution in [2.75, 3.05) is 7.05 Å². The van der Waals surface area contributed by atoms with E-state index in [2.05, 4.69) is 5.10 Å². The van der Waals surface area contributed by atoms with Gasteiger partial charge in [-0.3, -0.25) is 9.59 Å². The molecule has 2 aromatic heterocycles. The van der Waals surface area contributed by atoms with E-state index >= 15 is 0 Å². The highest BCUT2D eigenvalue weighted by atomic mass is 16.2. The topological polar surface area (TPSA) is 60.1 Å². The number of rotatable bonds is 6. The fourth-order valence-electron chi connectivity index (χ4n) is 2.63. The van der Waals surface area contributed by atoms with E-state index in [0.717, 1.165) is 11.3 Å². The first-order valence-corrected chi connectivity index (χ1v) is 8.12. The molecule has 0 unspecified atom stereocenters. The lowest BCUT2D eigenvalue weighted by atomic mass is 10.2. The van der Waals surface area contributed by atoms with Crippen LogP contribution in [-0.4, -0.2) is 32.2 Å². The zero-order valence-electron chi connectivity index (χ0n) is 14.1. The van der Waals surface area contributed by atoms with Crippen LogP contribution in [0, 0.1) is 0 Å². The molecule has 0 spiro atoms. The summed E-state index contributed by atoms with van der Waals surface area (Å²) in [6.45, 7) is 0.897. The third-order valence-corrected chi connectivity index (χ3v) is 3.99. The highest BCUT2D eigenvalue weighted by Gasteiger charge is 2.10. The largest absolute Gasteiger partial charge is 0.341 e. The maximum absolute atomic E-state index is 12.3. The Hall–Kier alpha value is -3.15. The summed E-state index contributed by atoms with van der Waals surface area (Å²) in [6, 6.07) is 14.8. The minimum atomic E-state index is -0.0927. The first-order chi connectivity index (χ1) is 12.1. The van der Waals surface area contributed by atoms with Gasteiger partial charge in [0.25, 0.3) is 5.56 Å². The zero-order chi connectivity index (χ0) is 17.6. The molecule has 0 aliphatic heterocycles. The summed E-state index contributed by atoms with van der Waals surface area (Å²) < 4.78 is 3.33. The molecule has 1 amide bonds. The summed E-state index contributed by atoms with van der Waals surface area (Å²) in [7, 11) is 1.77. The van der Waals surface area contributed by atoms with E-state index in [4.69, 9.17) is 0 Å². The summed E-state index contributed by atoms with van der Waals surface area (Å²) in [5.74, 6) is 0.000227. The minimum absolute atomic E-state index is 0.000227. The van der Waals surface area contributed by atoms with Crippen molar-refractivity contribution in [3.63, 3.8) is 0 Å². The molecule has 0 aliphatic carbocycles. The monoisotopic (exact) mass is 336 g/mol. The fraction of sp³-hybridized carbons (Fsp3) is 0.211. The van der Waals surface area contributed by atoms with Crippen LogP contribution in [0.3, 0.4) is 0 Å². The van der Waals surface area contributed by atoms with Crippen LogP contribution in [0.25, 0.3) is 5.69 Å². The van der Waals surface area contributed by atoms with Crippen molar-refractivity contribution in [2.24, 2.45) is 0 Å². The van der Waals surface area contributed by atoms with Crippen LogP contribution in [0.5, 0.6) is 0 Å². The van der Waals surface area contributed by atoms with E-state index in [0.29, 0.717) is 19.5 Å². The number of pyridine rings is 1. The average molecular weight is 336 g/mol. The van der Waals surface area contributed by atoms with E-state index < -0.39 is 0 Å². The molecular formula is C19H20N4O2. The summed E-state index contributed by atoms with van der Waals surface area (Å²) in [4.78, 5) is 25.7. The third kappa shape index (κ3) is 4.23. The van der Waals surface area contributed by atoms with Crippen LogP contribution >= 0.6 is 0 Å². The van der Waals surface area contributed by atoms with Gasteiger partial charge < -0.3 is 9.47 Å². The van der Waals surface area contributed by atoms with Gasteiger partial charge in [0, 0.05) is 51.2 Å². The predicted molar refractivity (Wildman–Crippen MR) is 95.4 cm³/mol. The third-order valence-electron chi connectivity index (χ3n) is 3.99. The van der Waals surface area contributed by atoms with Gasteiger partial charge in [-0.1, -0.05) is 18.2 Å². The number of amides is 1. The molecule has 0 atom stereocenters. The number of benzene rings is 1. The van der Waals surface area contributed by atoms with E-state index in [1.54, 1.807) is 45.7 Å². The maximum atomic E-state index is 12.3. The Morgan fingerprint density at radius 2 is 2.00 bits per heavy atom. The molecule has 0 saturated carbocycles. The van der Waals surface area contributed by atoms with Crippen molar-refractivity contribution >= 4 is 5.91 Å². The van der Waals surface area contributed by atoms with Gasteiger partial charge >= 0.3 is 0 Å². The van der Waals surface area contributed by atoms with Crippen molar-refractivity contribution in [3.05, 3.63) is 83.0 Å². The van der Waals surface area contributed by atoms with Gasteiger partial charge in [0.2, 0.25) is 5.91 Å². The van der Waals surface area contributed by atoms with Gasteiger partial charge in [-0.25, -0.2) is 4.68 Å². The van der Waals surface area contributed by atoms with Crippen LogP contribution in [0.15, 0.2) is 71.9 Å². The van der Waals surface area contributed by atoms with Gasteiger partial charge in [-0.2, -0.15) is 5.10 Å². The van der Waals surface area contributed by atoms with Crippen LogP contribution in [0.4, 0.5) is 0 Å². The lowest BCUT2D eigenvalue weighted by molar-refractivity contribution is -0.130. The lowest BCUT2D eigenvalue weighted by Crippen LogP contribution is -2.28. The van der Waals surface area contributed by atoms with Crippen LogP contribution in [0.1, 0.15) is 12.0 Å². The Morgan fingerprint density at radius 1 is 1.12 bits per heavy atom. The number of aryl methyl sites for hydroxylation is 1. The van der Waals surface area contributed by atoms with Gasteiger partial charge in [-0.15, -0.1) is 0 Å². The highest BCUT2D eigenvalue weighted by Crippen LogP contribution is 2.11. The number of hydrogen-bond donors (Lipinski definition) is 0. The minimum Gasteiger partial charge on any atom is -0.341 e. The Kier molecular flexibility index (Phi) is 5.09. The van der Waals surface area contributed by atoms with Gasteiger partial charge in [0.05, 0.1) is 5.69 Å². The molecule has 0 saturated heterocycles. The molecule has 6 nitrogen and oxygen atoms in total. The van der Waals surface area contributed by atoms with Crippen molar-refractivity contribution in [1.29, 1.82) is 0 Å². The average Bonchev–Trinajstić information content (AvgIpc) is 3.15. The van der Waals surface area contributed by atoms with Crippen molar-refractivity contribution < 1.29 is 4.79 Å². The Labute approximate surface area is 145 Å². The number of hydrogen-bond acceptors (Lipinski definition) is 3. The molecule has 0 radical (unpaired) electrons. The molecule has 128 valence electrons. The van der Waals surface area contributed by atoms with Gasteiger partial charge in [-0.05, 0) is 29.8 Å². The van der Waals surface area contributed by atoms with E-state index in [1.807, 2.05) is 36.5 Å². The highest BCUT2D eigenvalue weighted by molar-refractivity contribution is 5.75.